The van der Waals surface area contributed by atoms with Crippen molar-refractivity contribution in [2.24, 2.45) is 5.92 Å². The van der Waals surface area contributed by atoms with Gasteiger partial charge >= 0.3 is 0 Å². The molecule has 3 heterocycles. The van der Waals surface area contributed by atoms with Gasteiger partial charge in [0, 0.05) is 17.0 Å². The van der Waals surface area contributed by atoms with Gasteiger partial charge in [-0.3, -0.25) is 0 Å². The number of halogens is 1. The van der Waals surface area contributed by atoms with Crippen LogP contribution in [0.5, 0.6) is 0 Å². The summed E-state index contributed by atoms with van der Waals surface area (Å²) in [6, 6.07) is 9.24. The van der Waals surface area contributed by atoms with E-state index in [9.17, 15) is 0 Å². The molecule has 2 aromatic rings. The van der Waals surface area contributed by atoms with E-state index < -0.39 is 0 Å². The number of benzene rings is 1. The largest absolute Gasteiger partial charge is 0.464 e. The molecule has 2 unspecified atom stereocenters. The molecule has 2 aliphatic rings. The standard InChI is InChI=1S/C21H30N2O.ClH/c1-2-20(17-6-5-11-22-14-17)23-12-9-16(10-13-23)19-15-24-21-8-4-3-7-18(19)21;/h3-4,7-8,15-17,20,22H,2,5-6,9-14H2,1H3;1H. The first-order valence-electron chi connectivity index (χ1n) is 9.77. The number of furan rings is 1. The highest BCUT2D eigenvalue weighted by Crippen LogP contribution is 2.36. The summed E-state index contributed by atoms with van der Waals surface area (Å²) < 4.78 is 5.77. The number of nitrogens with one attached hydrogen (secondary N) is 1. The van der Waals surface area contributed by atoms with Gasteiger partial charge in [-0.05, 0) is 76.2 Å². The van der Waals surface area contributed by atoms with Crippen molar-refractivity contribution < 1.29 is 4.42 Å². The van der Waals surface area contributed by atoms with E-state index in [0.29, 0.717) is 5.92 Å². The zero-order valence-electron chi connectivity index (χ0n) is 15.2. The average molecular weight is 363 g/mol. The number of piperidine rings is 2. The SMILES string of the molecule is CCC(C1CCCNC1)N1CCC(c2coc3ccccc23)CC1.Cl. The molecule has 0 radical (unpaired) electrons. The molecule has 2 fully saturated rings. The number of hydrogen-bond donors (Lipinski definition) is 1. The molecule has 0 spiro atoms. The summed E-state index contributed by atoms with van der Waals surface area (Å²) in [6.45, 7) is 7.26. The molecule has 1 aromatic carbocycles. The predicted octanol–water partition coefficient (Wildman–Crippen LogP) is 4.81. The highest BCUT2D eigenvalue weighted by molar-refractivity contribution is 5.85. The highest BCUT2D eigenvalue weighted by Gasteiger charge is 2.31. The summed E-state index contributed by atoms with van der Waals surface area (Å²) in [4.78, 5) is 2.77. The zero-order chi connectivity index (χ0) is 16.4. The van der Waals surface area contributed by atoms with Gasteiger partial charge in [-0.2, -0.15) is 0 Å². The molecular formula is C21H31ClN2O. The van der Waals surface area contributed by atoms with E-state index in [1.54, 1.807) is 0 Å². The van der Waals surface area contributed by atoms with Crippen LogP contribution in [0, 0.1) is 5.92 Å². The smallest absolute Gasteiger partial charge is 0.134 e. The van der Waals surface area contributed by atoms with Crippen LogP contribution in [0.15, 0.2) is 34.9 Å². The van der Waals surface area contributed by atoms with Gasteiger partial charge in [-0.15, -0.1) is 12.4 Å². The molecule has 4 rings (SSSR count). The Kier molecular flexibility index (Phi) is 6.43. The van der Waals surface area contributed by atoms with Gasteiger partial charge in [-0.25, -0.2) is 0 Å². The maximum Gasteiger partial charge on any atom is 0.134 e. The van der Waals surface area contributed by atoms with Gasteiger partial charge in [0.2, 0.25) is 0 Å². The van der Waals surface area contributed by atoms with Crippen LogP contribution < -0.4 is 5.32 Å². The number of nitrogens with zero attached hydrogens (tertiary/aromatic N) is 1. The zero-order valence-corrected chi connectivity index (χ0v) is 16.1. The fourth-order valence-corrected chi connectivity index (χ4v) is 4.95. The van der Waals surface area contributed by atoms with Gasteiger partial charge in [0.15, 0.2) is 0 Å². The minimum atomic E-state index is 0. The van der Waals surface area contributed by atoms with E-state index in [1.165, 1.54) is 69.2 Å². The van der Waals surface area contributed by atoms with Crippen molar-refractivity contribution in [2.45, 2.75) is 51.0 Å². The van der Waals surface area contributed by atoms with Crippen LogP contribution in [-0.2, 0) is 0 Å². The molecule has 3 nitrogen and oxygen atoms in total. The minimum absolute atomic E-state index is 0. The Hall–Kier alpha value is -1.03. The Labute approximate surface area is 157 Å². The minimum Gasteiger partial charge on any atom is -0.464 e. The van der Waals surface area contributed by atoms with Crippen LogP contribution in [0.4, 0.5) is 0 Å². The third kappa shape index (κ3) is 3.89. The number of likely N-dealkylation sites (tertiary alicyclic amines) is 1. The Balaban J connectivity index is 0.00000182. The van der Waals surface area contributed by atoms with Crippen molar-refractivity contribution >= 4 is 23.4 Å². The number of fused-ring (bicyclic) bond motifs is 1. The molecule has 1 aromatic heterocycles. The maximum atomic E-state index is 5.77. The second-order valence-electron chi connectivity index (χ2n) is 7.58. The van der Waals surface area contributed by atoms with Gasteiger partial charge in [0.25, 0.3) is 0 Å². The molecule has 0 aliphatic carbocycles. The number of hydrogen-bond acceptors (Lipinski definition) is 3. The van der Waals surface area contributed by atoms with Crippen LogP contribution >= 0.6 is 12.4 Å². The molecular weight excluding hydrogens is 332 g/mol. The molecule has 2 aliphatic heterocycles. The fourth-order valence-electron chi connectivity index (χ4n) is 4.95. The normalized spacial score (nSPS) is 24.1. The van der Waals surface area contributed by atoms with Crippen molar-refractivity contribution in [1.29, 1.82) is 0 Å². The lowest BCUT2D eigenvalue weighted by atomic mass is 9.84. The molecule has 1 N–H and O–H groups in total. The van der Waals surface area contributed by atoms with E-state index in [0.717, 1.165) is 17.5 Å². The topological polar surface area (TPSA) is 28.4 Å². The second kappa shape index (κ2) is 8.57. The van der Waals surface area contributed by atoms with E-state index in [-0.39, 0.29) is 12.4 Å². The van der Waals surface area contributed by atoms with E-state index in [4.69, 9.17) is 4.42 Å². The molecule has 25 heavy (non-hydrogen) atoms. The van der Waals surface area contributed by atoms with Crippen molar-refractivity contribution in [3.63, 3.8) is 0 Å². The quantitative estimate of drug-likeness (QED) is 0.845. The van der Waals surface area contributed by atoms with E-state index in [2.05, 4.69) is 41.4 Å². The van der Waals surface area contributed by atoms with Crippen molar-refractivity contribution in [3.8, 4) is 0 Å². The summed E-state index contributed by atoms with van der Waals surface area (Å²) in [7, 11) is 0. The lowest BCUT2D eigenvalue weighted by Gasteiger charge is -2.42. The Morgan fingerprint density at radius 2 is 2.00 bits per heavy atom. The van der Waals surface area contributed by atoms with Gasteiger partial charge in [0.1, 0.15) is 5.58 Å². The van der Waals surface area contributed by atoms with Crippen LogP contribution in [0.3, 0.4) is 0 Å². The second-order valence-corrected chi connectivity index (χ2v) is 7.58. The van der Waals surface area contributed by atoms with Crippen molar-refractivity contribution in [1.82, 2.24) is 10.2 Å². The molecule has 4 heteroatoms. The first-order chi connectivity index (χ1) is 11.9. The molecule has 2 saturated heterocycles. The third-order valence-corrected chi connectivity index (χ3v) is 6.25. The van der Waals surface area contributed by atoms with E-state index in [1.807, 2.05) is 6.26 Å². The van der Waals surface area contributed by atoms with Crippen molar-refractivity contribution in [3.05, 3.63) is 36.1 Å². The van der Waals surface area contributed by atoms with Gasteiger partial charge < -0.3 is 14.6 Å². The summed E-state index contributed by atoms with van der Waals surface area (Å²) in [5.74, 6) is 1.50. The Morgan fingerprint density at radius 1 is 1.20 bits per heavy atom. The summed E-state index contributed by atoms with van der Waals surface area (Å²) >= 11 is 0. The highest BCUT2D eigenvalue weighted by atomic mass is 35.5. The lowest BCUT2D eigenvalue weighted by Crippen LogP contribution is -2.48. The fraction of sp³-hybridized carbons (Fsp3) is 0.619. The molecule has 0 saturated carbocycles. The molecule has 0 amide bonds. The first kappa shape index (κ1) is 18.8. The predicted molar refractivity (Wildman–Crippen MR) is 107 cm³/mol. The number of para-hydroxylation sites is 1. The lowest BCUT2D eigenvalue weighted by molar-refractivity contribution is 0.0928. The molecule has 2 atom stereocenters. The number of rotatable bonds is 4. The van der Waals surface area contributed by atoms with Crippen molar-refractivity contribution in [2.75, 3.05) is 26.2 Å². The van der Waals surface area contributed by atoms with Crippen LogP contribution in [0.2, 0.25) is 0 Å². The summed E-state index contributed by atoms with van der Waals surface area (Å²) in [5, 5.41) is 4.92. The van der Waals surface area contributed by atoms with Crippen LogP contribution in [-0.4, -0.2) is 37.1 Å². The first-order valence-corrected chi connectivity index (χ1v) is 9.77. The van der Waals surface area contributed by atoms with Gasteiger partial charge in [-0.1, -0.05) is 25.1 Å². The monoisotopic (exact) mass is 362 g/mol. The summed E-state index contributed by atoms with van der Waals surface area (Å²) in [5.41, 5.74) is 2.47. The summed E-state index contributed by atoms with van der Waals surface area (Å²) in [6.07, 6.45) is 8.57. The maximum absolute atomic E-state index is 5.77. The Morgan fingerprint density at radius 3 is 2.72 bits per heavy atom. The molecule has 138 valence electrons. The third-order valence-electron chi connectivity index (χ3n) is 6.25. The van der Waals surface area contributed by atoms with Gasteiger partial charge in [0.05, 0.1) is 6.26 Å². The van der Waals surface area contributed by atoms with Crippen LogP contribution in [0.1, 0.15) is 50.5 Å². The molecule has 0 bridgehead atoms. The average Bonchev–Trinajstić information content (AvgIpc) is 3.08. The van der Waals surface area contributed by atoms with E-state index >= 15 is 0 Å². The Bertz CT molecular complexity index is 657. The van der Waals surface area contributed by atoms with Crippen LogP contribution in [0.25, 0.3) is 11.0 Å².